The molecule has 0 amide bonds. The summed E-state index contributed by atoms with van der Waals surface area (Å²) in [7, 11) is 0. The van der Waals surface area contributed by atoms with Crippen molar-refractivity contribution >= 4 is 0 Å². The predicted molar refractivity (Wildman–Crippen MR) is 79.3 cm³/mol. The summed E-state index contributed by atoms with van der Waals surface area (Å²) in [4.78, 5) is 2.43. The number of hydrogen-bond acceptors (Lipinski definition) is 3. The van der Waals surface area contributed by atoms with E-state index in [1.165, 1.54) is 31.4 Å². The smallest absolute Gasteiger partial charge is 0.154 e. The van der Waals surface area contributed by atoms with E-state index in [0.29, 0.717) is 0 Å². The predicted octanol–water partition coefficient (Wildman–Crippen LogP) is 4.24. The fraction of sp³-hybridized carbons (Fsp3) is 0.471. The number of rotatable bonds is 3. The SMILES string of the molecule is Cc1cc([C@H]2CCCCCN2Cc2ccc(F)cc2)on1. The van der Waals surface area contributed by atoms with Crippen LogP contribution in [0.25, 0.3) is 0 Å². The van der Waals surface area contributed by atoms with E-state index < -0.39 is 0 Å². The first kappa shape index (κ1) is 14.3. The van der Waals surface area contributed by atoms with E-state index in [1.807, 2.05) is 25.1 Å². The zero-order valence-corrected chi connectivity index (χ0v) is 12.4. The number of aryl methyl sites for hydroxylation is 1. The van der Waals surface area contributed by atoms with Crippen molar-refractivity contribution in [1.29, 1.82) is 0 Å². The molecule has 0 saturated carbocycles. The minimum absolute atomic E-state index is 0.183. The van der Waals surface area contributed by atoms with Gasteiger partial charge in [-0.05, 0) is 44.0 Å². The Morgan fingerprint density at radius 2 is 2.05 bits per heavy atom. The van der Waals surface area contributed by atoms with Gasteiger partial charge in [0.2, 0.25) is 0 Å². The molecule has 0 radical (unpaired) electrons. The molecule has 1 atom stereocenters. The Balaban J connectivity index is 1.80. The number of aromatic nitrogens is 1. The van der Waals surface area contributed by atoms with Crippen LogP contribution in [0.2, 0.25) is 0 Å². The summed E-state index contributed by atoms with van der Waals surface area (Å²) in [5, 5.41) is 4.02. The van der Waals surface area contributed by atoms with Gasteiger partial charge in [0.15, 0.2) is 5.76 Å². The van der Waals surface area contributed by atoms with Crippen molar-refractivity contribution in [3.8, 4) is 0 Å². The van der Waals surface area contributed by atoms with Gasteiger partial charge < -0.3 is 4.52 Å². The molecule has 112 valence electrons. The maximum absolute atomic E-state index is 13.0. The van der Waals surface area contributed by atoms with Gasteiger partial charge in [0, 0.05) is 12.6 Å². The van der Waals surface area contributed by atoms with Gasteiger partial charge in [-0.25, -0.2) is 4.39 Å². The van der Waals surface area contributed by atoms with Crippen LogP contribution in [-0.2, 0) is 6.54 Å². The van der Waals surface area contributed by atoms with Gasteiger partial charge in [0.25, 0.3) is 0 Å². The molecule has 0 bridgehead atoms. The molecule has 1 saturated heterocycles. The summed E-state index contributed by atoms with van der Waals surface area (Å²) in [5.41, 5.74) is 2.07. The lowest BCUT2D eigenvalue weighted by molar-refractivity contribution is 0.160. The Hall–Kier alpha value is -1.68. The third-order valence-corrected chi connectivity index (χ3v) is 4.14. The molecule has 0 unspecified atom stereocenters. The second kappa shape index (κ2) is 6.39. The van der Waals surface area contributed by atoms with Gasteiger partial charge in [-0.2, -0.15) is 0 Å². The first-order valence-corrected chi connectivity index (χ1v) is 7.64. The average molecular weight is 288 g/mol. The monoisotopic (exact) mass is 288 g/mol. The lowest BCUT2D eigenvalue weighted by Crippen LogP contribution is -2.27. The van der Waals surface area contributed by atoms with Crippen LogP contribution < -0.4 is 0 Å². The average Bonchev–Trinajstić information content (AvgIpc) is 2.77. The van der Waals surface area contributed by atoms with E-state index in [0.717, 1.165) is 36.5 Å². The van der Waals surface area contributed by atoms with Crippen molar-refractivity contribution in [1.82, 2.24) is 10.1 Å². The standard InChI is InChI=1S/C17H21FN2O/c1-13-11-17(21-19-13)16-5-3-2-4-10-20(16)12-14-6-8-15(18)9-7-14/h6-9,11,16H,2-5,10,12H2,1H3/t16-/m1/s1. The fourth-order valence-electron chi connectivity index (χ4n) is 3.04. The highest BCUT2D eigenvalue weighted by molar-refractivity contribution is 5.17. The largest absolute Gasteiger partial charge is 0.359 e. The number of nitrogens with zero attached hydrogens (tertiary/aromatic N) is 2. The van der Waals surface area contributed by atoms with Gasteiger partial charge >= 0.3 is 0 Å². The van der Waals surface area contributed by atoms with Crippen molar-refractivity contribution in [3.05, 3.63) is 53.2 Å². The Morgan fingerprint density at radius 3 is 2.76 bits per heavy atom. The Labute approximate surface area is 124 Å². The normalized spacial score (nSPS) is 20.4. The van der Waals surface area contributed by atoms with E-state index in [9.17, 15) is 4.39 Å². The molecule has 2 heterocycles. The van der Waals surface area contributed by atoms with Gasteiger partial charge in [0.05, 0.1) is 11.7 Å². The molecule has 0 spiro atoms. The van der Waals surface area contributed by atoms with Crippen molar-refractivity contribution in [2.45, 2.75) is 45.2 Å². The topological polar surface area (TPSA) is 29.3 Å². The number of halogens is 1. The van der Waals surface area contributed by atoms with Crippen molar-refractivity contribution in [2.24, 2.45) is 0 Å². The zero-order chi connectivity index (χ0) is 14.7. The maximum Gasteiger partial charge on any atom is 0.154 e. The molecule has 0 aliphatic carbocycles. The molecular formula is C17H21FN2O. The summed E-state index contributed by atoms with van der Waals surface area (Å²) in [6, 6.07) is 9.10. The summed E-state index contributed by atoms with van der Waals surface area (Å²) in [6.45, 7) is 3.82. The van der Waals surface area contributed by atoms with Crippen LogP contribution in [0.5, 0.6) is 0 Å². The van der Waals surface area contributed by atoms with Crippen LogP contribution in [0.1, 0.15) is 48.7 Å². The molecule has 1 fully saturated rings. The second-order valence-corrected chi connectivity index (χ2v) is 5.83. The van der Waals surface area contributed by atoms with Gasteiger partial charge in [-0.15, -0.1) is 0 Å². The Morgan fingerprint density at radius 1 is 1.24 bits per heavy atom. The molecule has 21 heavy (non-hydrogen) atoms. The van der Waals surface area contributed by atoms with Crippen LogP contribution in [0.15, 0.2) is 34.9 Å². The molecule has 2 aromatic rings. The Bertz CT molecular complexity index is 579. The Kier molecular flexibility index (Phi) is 4.34. The van der Waals surface area contributed by atoms with Crippen LogP contribution in [0, 0.1) is 12.7 Å². The fourth-order valence-corrected chi connectivity index (χ4v) is 3.04. The molecule has 1 aliphatic heterocycles. The van der Waals surface area contributed by atoms with Crippen LogP contribution in [-0.4, -0.2) is 16.6 Å². The molecule has 1 aliphatic rings. The van der Waals surface area contributed by atoms with Crippen molar-refractivity contribution < 1.29 is 8.91 Å². The van der Waals surface area contributed by atoms with E-state index >= 15 is 0 Å². The highest BCUT2D eigenvalue weighted by Gasteiger charge is 2.25. The minimum Gasteiger partial charge on any atom is -0.359 e. The first-order valence-electron chi connectivity index (χ1n) is 7.64. The summed E-state index contributed by atoms with van der Waals surface area (Å²) >= 11 is 0. The molecule has 3 nitrogen and oxygen atoms in total. The van der Waals surface area contributed by atoms with E-state index in [1.54, 1.807) is 0 Å². The van der Waals surface area contributed by atoms with E-state index in [-0.39, 0.29) is 11.9 Å². The van der Waals surface area contributed by atoms with Crippen LogP contribution in [0.3, 0.4) is 0 Å². The number of benzene rings is 1. The van der Waals surface area contributed by atoms with Crippen molar-refractivity contribution in [3.63, 3.8) is 0 Å². The molecule has 4 heteroatoms. The zero-order valence-electron chi connectivity index (χ0n) is 12.4. The molecular weight excluding hydrogens is 267 g/mol. The summed E-state index contributed by atoms with van der Waals surface area (Å²) < 4.78 is 18.5. The maximum atomic E-state index is 13.0. The molecule has 3 rings (SSSR count). The van der Waals surface area contributed by atoms with Gasteiger partial charge in [-0.3, -0.25) is 4.90 Å². The highest BCUT2D eigenvalue weighted by Crippen LogP contribution is 2.31. The van der Waals surface area contributed by atoms with Gasteiger partial charge in [-0.1, -0.05) is 30.1 Å². The van der Waals surface area contributed by atoms with Crippen LogP contribution >= 0.6 is 0 Å². The van der Waals surface area contributed by atoms with E-state index in [4.69, 9.17) is 4.52 Å². The summed E-state index contributed by atoms with van der Waals surface area (Å²) in [6.07, 6.45) is 4.76. The van der Waals surface area contributed by atoms with Gasteiger partial charge in [0.1, 0.15) is 5.82 Å². The number of likely N-dealkylation sites (tertiary alicyclic amines) is 1. The molecule has 1 aromatic heterocycles. The first-order chi connectivity index (χ1) is 10.2. The summed E-state index contributed by atoms with van der Waals surface area (Å²) in [5.74, 6) is 0.772. The third-order valence-electron chi connectivity index (χ3n) is 4.14. The molecule has 0 N–H and O–H groups in total. The molecule has 1 aromatic carbocycles. The third kappa shape index (κ3) is 3.50. The highest BCUT2D eigenvalue weighted by atomic mass is 19.1. The van der Waals surface area contributed by atoms with E-state index in [2.05, 4.69) is 10.1 Å². The van der Waals surface area contributed by atoms with Crippen molar-refractivity contribution in [2.75, 3.05) is 6.54 Å². The lowest BCUT2D eigenvalue weighted by atomic mass is 10.1. The lowest BCUT2D eigenvalue weighted by Gasteiger charge is -2.28. The number of hydrogen-bond donors (Lipinski definition) is 0. The van der Waals surface area contributed by atoms with Crippen LogP contribution in [0.4, 0.5) is 4.39 Å². The second-order valence-electron chi connectivity index (χ2n) is 5.83. The quantitative estimate of drug-likeness (QED) is 0.846. The minimum atomic E-state index is -0.183.